The molecule has 0 spiro atoms. The third-order valence-electron chi connectivity index (χ3n) is 4.68. The van der Waals surface area contributed by atoms with Gasteiger partial charge >= 0.3 is 5.97 Å². The van der Waals surface area contributed by atoms with Crippen LogP contribution in [0.3, 0.4) is 0 Å². The van der Waals surface area contributed by atoms with Crippen LogP contribution in [0.5, 0.6) is 5.75 Å². The van der Waals surface area contributed by atoms with Crippen LogP contribution in [0.4, 0.5) is 0 Å². The first-order valence-corrected chi connectivity index (χ1v) is 8.32. The summed E-state index contributed by atoms with van der Waals surface area (Å²) in [6.45, 7) is 16.1. The summed E-state index contributed by atoms with van der Waals surface area (Å²) in [5, 5.41) is 20.3. The SMILES string of the molecule is CCC(C)(Cc1cc(C(C)(C)C)c(O)c(C(C)(C)C)c1)C(=O)O. The molecule has 0 heterocycles. The zero-order valence-corrected chi connectivity index (χ0v) is 15.9. The van der Waals surface area contributed by atoms with E-state index in [0.29, 0.717) is 18.6 Å². The van der Waals surface area contributed by atoms with Gasteiger partial charge in [-0.15, -0.1) is 0 Å². The number of phenols is 1. The lowest BCUT2D eigenvalue weighted by Crippen LogP contribution is -2.29. The Morgan fingerprint density at radius 2 is 1.35 bits per heavy atom. The molecule has 0 saturated heterocycles. The first kappa shape index (κ1) is 19.5. The van der Waals surface area contributed by atoms with Crippen LogP contribution in [0.2, 0.25) is 0 Å². The van der Waals surface area contributed by atoms with Crippen molar-refractivity contribution in [2.24, 2.45) is 5.41 Å². The minimum atomic E-state index is -0.790. The summed E-state index contributed by atoms with van der Waals surface area (Å²) in [6, 6.07) is 3.95. The monoisotopic (exact) mass is 320 g/mol. The second-order valence-electron chi connectivity index (χ2n) is 8.94. The molecule has 0 amide bonds. The molecule has 0 aliphatic heterocycles. The molecule has 3 nitrogen and oxygen atoms in total. The number of phenolic OH excluding ortho intramolecular Hbond substituents is 1. The van der Waals surface area contributed by atoms with E-state index in [-0.39, 0.29) is 10.8 Å². The number of carbonyl (C=O) groups is 1. The van der Waals surface area contributed by atoms with E-state index in [2.05, 4.69) is 41.5 Å². The van der Waals surface area contributed by atoms with Crippen molar-refractivity contribution in [1.29, 1.82) is 0 Å². The number of aromatic hydroxyl groups is 1. The summed E-state index contributed by atoms with van der Waals surface area (Å²) < 4.78 is 0. The van der Waals surface area contributed by atoms with E-state index in [1.165, 1.54) is 0 Å². The minimum Gasteiger partial charge on any atom is -0.507 e. The number of aliphatic carboxylic acids is 1. The molecule has 2 N–H and O–H groups in total. The fraction of sp³-hybridized carbons (Fsp3) is 0.650. The number of benzene rings is 1. The molecule has 0 saturated carbocycles. The van der Waals surface area contributed by atoms with Gasteiger partial charge in [0.05, 0.1) is 5.41 Å². The summed E-state index contributed by atoms with van der Waals surface area (Å²) in [5.41, 5.74) is 1.54. The molecular weight excluding hydrogens is 288 g/mol. The zero-order chi connectivity index (χ0) is 18.2. The summed E-state index contributed by atoms with van der Waals surface area (Å²) in [7, 11) is 0. The van der Waals surface area contributed by atoms with Crippen LogP contribution in [0.1, 0.15) is 78.5 Å². The molecule has 0 aliphatic carbocycles. The lowest BCUT2D eigenvalue weighted by Gasteiger charge is -2.30. The maximum Gasteiger partial charge on any atom is 0.309 e. The minimum absolute atomic E-state index is 0.202. The molecule has 1 unspecified atom stereocenters. The lowest BCUT2D eigenvalue weighted by atomic mass is 9.75. The van der Waals surface area contributed by atoms with Gasteiger partial charge in [-0.05, 0) is 47.3 Å². The Morgan fingerprint density at radius 1 is 0.957 bits per heavy atom. The number of carboxylic acid groups (broad SMARTS) is 1. The van der Waals surface area contributed by atoms with Crippen molar-refractivity contribution in [3.8, 4) is 5.75 Å². The van der Waals surface area contributed by atoms with Crippen LogP contribution in [-0.4, -0.2) is 16.2 Å². The highest BCUT2D eigenvalue weighted by atomic mass is 16.4. The maximum atomic E-state index is 11.6. The third-order valence-corrected chi connectivity index (χ3v) is 4.68. The summed E-state index contributed by atoms with van der Waals surface area (Å²) in [5.74, 6) is -0.440. The Kier molecular flexibility index (Phi) is 5.25. The van der Waals surface area contributed by atoms with Gasteiger partial charge in [0.1, 0.15) is 5.75 Å². The molecular formula is C20H32O3. The van der Waals surface area contributed by atoms with Crippen LogP contribution < -0.4 is 0 Å². The first-order valence-electron chi connectivity index (χ1n) is 8.32. The highest BCUT2D eigenvalue weighted by Gasteiger charge is 2.33. The van der Waals surface area contributed by atoms with Gasteiger partial charge in [0.2, 0.25) is 0 Å². The molecule has 0 aromatic heterocycles. The van der Waals surface area contributed by atoms with Gasteiger partial charge in [0.25, 0.3) is 0 Å². The third kappa shape index (κ3) is 4.27. The van der Waals surface area contributed by atoms with Crippen LogP contribution in [0.15, 0.2) is 12.1 Å². The fourth-order valence-electron chi connectivity index (χ4n) is 2.74. The Balaban J connectivity index is 3.54. The number of carboxylic acids is 1. The summed E-state index contributed by atoms with van der Waals surface area (Å²) >= 11 is 0. The van der Waals surface area contributed by atoms with Gasteiger partial charge in [0.15, 0.2) is 0 Å². The molecule has 0 radical (unpaired) electrons. The van der Waals surface area contributed by atoms with Crippen molar-refractivity contribution in [3.63, 3.8) is 0 Å². The second-order valence-corrected chi connectivity index (χ2v) is 8.94. The molecule has 0 aliphatic rings. The number of rotatable bonds is 4. The molecule has 130 valence electrons. The molecule has 3 heteroatoms. The average Bonchev–Trinajstić information content (AvgIpc) is 2.37. The Labute approximate surface area is 140 Å². The molecule has 1 atom stereocenters. The zero-order valence-electron chi connectivity index (χ0n) is 15.9. The quantitative estimate of drug-likeness (QED) is 0.818. The topological polar surface area (TPSA) is 57.5 Å². The highest BCUT2D eigenvalue weighted by Crippen LogP contribution is 2.41. The molecule has 1 aromatic carbocycles. The van der Waals surface area contributed by atoms with E-state index >= 15 is 0 Å². The lowest BCUT2D eigenvalue weighted by molar-refractivity contribution is -0.148. The van der Waals surface area contributed by atoms with Gasteiger partial charge < -0.3 is 10.2 Å². The molecule has 23 heavy (non-hydrogen) atoms. The van der Waals surface area contributed by atoms with Gasteiger partial charge in [-0.2, -0.15) is 0 Å². The van der Waals surface area contributed by atoms with E-state index < -0.39 is 11.4 Å². The second kappa shape index (κ2) is 6.18. The number of hydrogen-bond acceptors (Lipinski definition) is 2. The summed E-state index contributed by atoms with van der Waals surface area (Å²) in [6.07, 6.45) is 1.03. The van der Waals surface area contributed by atoms with E-state index in [4.69, 9.17) is 0 Å². The van der Waals surface area contributed by atoms with Gasteiger partial charge in [0, 0.05) is 0 Å². The van der Waals surface area contributed by atoms with Gasteiger partial charge in [-0.25, -0.2) is 0 Å². The van der Waals surface area contributed by atoms with Crippen molar-refractivity contribution in [2.45, 2.75) is 79.1 Å². The standard InChI is InChI=1S/C20H32O3/c1-9-20(8,17(22)23)12-13-10-14(18(2,3)4)16(21)15(11-13)19(5,6)7/h10-11,21H,9,12H2,1-8H3,(H,22,23). The average molecular weight is 320 g/mol. The predicted molar refractivity (Wildman–Crippen MR) is 95.2 cm³/mol. The fourth-order valence-corrected chi connectivity index (χ4v) is 2.74. The van der Waals surface area contributed by atoms with Crippen molar-refractivity contribution >= 4 is 5.97 Å². The van der Waals surface area contributed by atoms with Gasteiger partial charge in [-0.1, -0.05) is 60.6 Å². The van der Waals surface area contributed by atoms with Crippen molar-refractivity contribution in [3.05, 3.63) is 28.8 Å². The highest BCUT2D eigenvalue weighted by molar-refractivity contribution is 5.74. The van der Waals surface area contributed by atoms with Crippen LogP contribution >= 0.6 is 0 Å². The Bertz CT molecular complexity index is 553. The van der Waals surface area contributed by atoms with Crippen molar-refractivity contribution < 1.29 is 15.0 Å². The van der Waals surface area contributed by atoms with E-state index in [9.17, 15) is 15.0 Å². The maximum absolute atomic E-state index is 11.6. The van der Waals surface area contributed by atoms with Crippen LogP contribution in [0.25, 0.3) is 0 Å². The smallest absolute Gasteiger partial charge is 0.309 e. The molecule has 0 bridgehead atoms. The van der Waals surface area contributed by atoms with E-state index in [0.717, 1.165) is 16.7 Å². The molecule has 1 aromatic rings. The van der Waals surface area contributed by atoms with Crippen LogP contribution in [0, 0.1) is 5.41 Å². The van der Waals surface area contributed by atoms with Crippen molar-refractivity contribution in [1.82, 2.24) is 0 Å². The summed E-state index contributed by atoms with van der Waals surface area (Å²) in [4.78, 5) is 11.6. The Morgan fingerprint density at radius 3 is 1.61 bits per heavy atom. The predicted octanol–water partition coefficient (Wildman–Crippen LogP) is 5.03. The largest absolute Gasteiger partial charge is 0.507 e. The first-order chi connectivity index (χ1) is 10.2. The normalized spacial score (nSPS) is 15.3. The van der Waals surface area contributed by atoms with Crippen LogP contribution in [-0.2, 0) is 22.0 Å². The molecule has 1 rings (SSSR count). The van der Waals surface area contributed by atoms with E-state index in [1.54, 1.807) is 6.92 Å². The number of hydrogen-bond donors (Lipinski definition) is 2. The van der Waals surface area contributed by atoms with Gasteiger partial charge in [-0.3, -0.25) is 4.79 Å². The van der Waals surface area contributed by atoms with E-state index in [1.807, 2.05) is 19.1 Å². The molecule has 0 fully saturated rings. The Hall–Kier alpha value is -1.51. The van der Waals surface area contributed by atoms with Crippen molar-refractivity contribution in [2.75, 3.05) is 0 Å².